The number of ether oxygens (including phenoxy) is 1. The number of alkyl halides is 1. The maximum Gasteiger partial charge on any atom is 0.225 e. The van der Waals surface area contributed by atoms with Crippen LogP contribution in [0.3, 0.4) is 0 Å². The SMILES string of the molecule is O=S(=O)(CCl)NCC1CCOCC1. The van der Waals surface area contributed by atoms with Gasteiger partial charge >= 0.3 is 0 Å². The van der Waals surface area contributed by atoms with E-state index < -0.39 is 10.0 Å². The second-order valence-electron chi connectivity index (χ2n) is 3.13. The first kappa shape index (κ1) is 11.2. The Bertz CT molecular complexity index is 236. The zero-order valence-electron chi connectivity index (χ0n) is 7.33. The lowest BCUT2D eigenvalue weighted by molar-refractivity contribution is 0.0678. The van der Waals surface area contributed by atoms with E-state index in [0.29, 0.717) is 12.5 Å². The summed E-state index contributed by atoms with van der Waals surface area (Å²) in [4.78, 5) is 0. The molecule has 1 N–H and O–H groups in total. The van der Waals surface area contributed by atoms with E-state index in [-0.39, 0.29) is 5.21 Å². The molecule has 4 nitrogen and oxygen atoms in total. The quantitative estimate of drug-likeness (QED) is 0.713. The minimum absolute atomic E-state index is 0.365. The summed E-state index contributed by atoms with van der Waals surface area (Å²) >= 11 is 5.24. The normalized spacial score (nSPS) is 20.4. The molecule has 0 amide bonds. The molecule has 1 fully saturated rings. The van der Waals surface area contributed by atoms with Gasteiger partial charge in [-0.1, -0.05) is 0 Å². The maximum absolute atomic E-state index is 11.0. The van der Waals surface area contributed by atoms with Crippen LogP contribution in [0.1, 0.15) is 12.8 Å². The molecule has 1 rings (SSSR count). The van der Waals surface area contributed by atoms with E-state index in [1.54, 1.807) is 0 Å². The number of halogens is 1. The smallest absolute Gasteiger partial charge is 0.225 e. The second-order valence-corrected chi connectivity index (χ2v) is 5.52. The Balaban J connectivity index is 2.25. The molecule has 0 aromatic rings. The molecule has 6 heteroatoms. The summed E-state index contributed by atoms with van der Waals surface area (Å²) in [7, 11) is -3.24. The average Bonchev–Trinajstić information content (AvgIpc) is 2.17. The minimum Gasteiger partial charge on any atom is -0.381 e. The monoisotopic (exact) mass is 227 g/mol. The summed E-state index contributed by atoms with van der Waals surface area (Å²) in [6.07, 6.45) is 1.84. The molecule has 1 aliphatic heterocycles. The van der Waals surface area contributed by atoms with Crippen LogP contribution < -0.4 is 4.72 Å². The molecule has 0 atom stereocenters. The van der Waals surface area contributed by atoms with E-state index in [4.69, 9.17) is 16.3 Å². The summed E-state index contributed by atoms with van der Waals surface area (Å²) in [5.74, 6) is 0.395. The van der Waals surface area contributed by atoms with Crippen molar-refractivity contribution in [2.45, 2.75) is 12.8 Å². The van der Waals surface area contributed by atoms with Gasteiger partial charge in [-0.05, 0) is 18.8 Å². The van der Waals surface area contributed by atoms with E-state index in [0.717, 1.165) is 26.1 Å². The third kappa shape index (κ3) is 4.26. The van der Waals surface area contributed by atoms with Gasteiger partial charge in [0.05, 0.1) is 0 Å². The summed E-state index contributed by atoms with van der Waals surface area (Å²) < 4.78 is 29.6. The number of sulfonamides is 1. The molecule has 1 aliphatic rings. The Morgan fingerprint density at radius 3 is 2.54 bits per heavy atom. The van der Waals surface area contributed by atoms with E-state index in [1.165, 1.54) is 0 Å². The van der Waals surface area contributed by atoms with Gasteiger partial charge in [0.1, 0.15) is 5.21 Å². The number of hydrogen-bond donors (Lipinski definition) is 1. The van der Waals surface area contributed by atoms with Crippen molar-refractivity contribution in [2.75, 3.05) is 25.0 Å². The fourth-order valence-electron chi connectivity index (χ4n) is 1.23. The van der Waals surface area contributed by atoms with Crippen LogP contribution >= 0.6 is 11.6 Å². The van der Waals surface area contributed by atoms with Crippen LogP contribution in [0.2, 0.25) is 0 Å². The van der Waals surface area contributed by atoms with Crippen molar-refractivity contribution in [3.05, 3.63) is 0 Å². The summed E-state index contributed by atoms with van der Waals surface area (Å²) in [6.45, 7) is 1.94. The third-order valence-electron chi connectivity index (χ3n) is 2.08. The zero-order chi connectivity index (χ0) is 9.73. The Morgan fingerprint density at radius 2 is 2.00 bits per heavy atom. The molecule has 1 heterocycles. The van der Waals surface area contributed by atoms with Crippen LogP contribution in [0.25, 0.3) is 0 Å². The van der Waals surface area contributed by atoms with Gasteiger partial charge < -0.3 is 4.74 Å². The van der Waals surface area contributed by atoms with Crippen molar-refractivity contribution in [3.63, 3.8) is 0 Å². The summed E-state index contributed by atoms with van der Waals surface area (Å²) in [5, 5.41) is -0.365. The lowest BCUT2D eigenvalue weighted by Crippen LogP contribution is -2.32. The lowest BCUT2D eigenvalue weighted by Gasteiger charge is -2.21. The van der Waals surface area contributed by atoms with Gasteiger partial charge in [-0.2, -0.15) is 0 Å². The highest BCUT2D eigenvalue weighted by atomic mass is 35.5. The average molecular weight is 228 g/mol. The number of hydrogen-bond acceptors (Lipinski definition) is 3. The fourth-order valence-corrected chi connectivity index (χ4v) is 2.03. The Hall–Kier alpha value is 0.160. The van der Waals surface area contributed by atoms with Crippen LogP contribution in [0.4, 0.5) is 0 Å². The third-order valence-corrected chi connectivity index (χ3v) is 3.83. The molecule has 0 aromatic carbocycles. The van der Waals surface area contributed by atoms with Gasteiger partial charge in [0.2, 0.25) is 10.0 Å². The van der Waals surface area contributed by atoms with Gasteiger partial charge in [0.25, 0.3) is 0 Å². The lowest BCUT2D eigenvalue weighted by atomic mass is 10.0. The molecular formula is C7H14ClNO3S. The Morgan fingerprint density at radius 1 is 1.38 bits per heavy atom. The van der Waals surface area contributed by atoms with E-state index in [9.17, 15) is 8.42 Å². The molecule has 0 unspecified atom stereocenters. The fraction of sp³-hybridized carbons (Fsp3) is 1.00. The standard InChI is InChI=1S/C7H14ClNO3S/c8-6-13(10,11)9-5-7-1-3-12-4-2-7/h7,9H,1-6H2. The molecule has 0 aliphatic carbocycles. The van der Waals surface area contributed by atoms with Crippen molar-refractivity contribution in [1.82, 2.24) is 4.72 Å². The highest BCUT2D eigenvalue weighted by Crippen LogP contribution is 2.13. The van der Waals surface area contributed by atoms with Gasteiger partial charge in [-0.15, -0.1) is 11.6 Å². The van der Waals surface area contributed by atoms with Gasteiger partial charge in [-0.25, -0.2) is 13.1 Å². The van der Waals surface area contributed by atoms with Crippen molar-refractivity contribution < 1.29 is 13.2 Å². The summed E-state index contributed by atoms with van der Waals surface area (Å²) in [5.41, 5.74) is 0. The topological polar surface area (TPSA) is 55.4 Å². The predicted molar refractivity (Wildman–Crippen MR) is 51.2 cm³/mol. The zero-order valence-corrected chi connectivity index (χ0v) is 8.90. The predicted octanol–water partition coefficient (Wildman–Crippen LogP) is 0.529. The molecular weight excluding hydrogens is 214 g/mol. The first-order valence-corrected chi connectivity index (χ1v) is 6.44. The highest BCUT2D eigenvalue weighted by Gasteiger charge is 2.16. The van der Waals surface area contributed by atoms with Crippen LogP contribution in [0.5, 0.6) is 0 Å². The molecule has 0 spiro atoms. The molecule has 1 saturated heterocycles. The molecule has 13 heavy (non-hydrogen) atoms. The van der Waals surface area contributed by atoms with E-state index in [2.05, 4.69) is 4.72 Å². The van der Waals surface area contributed by atoms with Crippen LogP contribution in [0, 0.1) is 5.92 Å². The van der Waals surface area contributed by atoms with Crippen molar-refractivity contribution >= 4 is 21.6 Å². The Labute approximate surface area is 83.7 Å². The summed E-state index contributed by atoms with van der Waals surface area (Å²) in [6, 6.07) is 0. The second kappa shape index (κ2) is 5.14. The largest absolute Gasteiger partial charge is 0.381 e. The highest BCUT2D eigenvalue weighted by molar-refractivity contribution is 7.90. The van der Waals surface area contributed by atoms with Gasteiger partial charge in [-0.3, -0.25) is 0 Å². The Kier molecular flexibility index (Phi) is 4.45. The maximum atomic E-state index is 11.0. The van der Waals surface area contributed by atoms with Crippen LogP contribution in [0.15, 0.2) is 0 Å². The van der Waals surface area contributed by atoms with Crippen LogP contribution in [-0.4, -0.2) is 33.4 Å². The van der Waals surface area contributed by atoms with Crippen molar-refractivity contribution in [2.24, 2.45) is 5.92 Å². The molecule has 0 radical (unpaired) electrons. The molecule has 0 aromatic heterocycles. The minimum atomic E-state index is -3.24. The van der Waals surface area contributed by atoms with Crippen molar-refractivity contribution in [1.29, 1.82) is 0 Å². The molecule has 0 bridgehead atoms. The van der Waals surface area contributed by atoms with E-state index in [1.807, 2.05) is 0 Å². The number of rotatable bonds is 4. The first-order valence-electron chi connectivity index (χ1n) is 4.25. The van der Waals surface area contributed by atoms with Gasteiger partial charge in [0, 0.05) is 19.8 Å². The number of nitrogens with one attached hydrogen (secondary N) is 1. The van der Waals surface area contributed by atoms with Crippen molar-refractivity contribution in [3.8, 4) is 0 Å². The molecule has 78 valence electrons. The van der Waals surface area contributed by atoms with Crippen LogP contribution in [-0.2, 0) is 14.8 Å². The first-order chi connectivity index (χ1) is 6.14. The van der Waals surface area contributed by atoms with E-state index >= 15 is 0 Å². The van der Waals surface area contributed by atoms with Gasteiger partial charge in [0.15, 0.2) is 0 Å². The molecule has 0 saturated carbocycles.